The third-order valence-electron chi connectivity index (χ3n) is 2.70. The number of ether oxygens (including phenoxy) is 1. The molecule has 3 heteroatoms. The molecular formula is C14H20O3. The fourth-order valence-corrected chi connectivity index (χ4v) is 1.29. The van der Waals surface area contributed by atoms with Gasteiger partial charge in [-0.2, -0.15) is 0 Å². The highest BCUT2D eigenvalue weighted by Crippen LogP contribution is 2.22. The van der Waals surface area contributed by atoms with E-state index in [2.05, 4.69) is 13.8 Å². The lowest BCUT2D eigenvalue weighted by atomic mass is 9.95. The van der Waals surface area contributed by atoms with Gasteiger partial charge in [-0.3, -0.25) is 4.79 Å². The third-order valence-corrected chi connectivity index (χ3v) is 2.70. The first kappa shape index (κ1) is 13.6. The van der Waals surface area contributed by atoms with Crippen molar-refractivity contribution in [1.29, 1.82) is 0 Å². The Morgan fingerprint density at radius 3 is 2.59 bits per heavy atom. The summed E-state index contributed by atoms with van der Waals surface area (Å²) in [6.45, 7) is 7.70. The van der Waals surface area contributed by atoms with Crippen LogP contribution in [0.15, 0.2) is 24.3 Å². The van der Waals surface area contributed by atoms with E-state index in [-0.39, 0.29) is 6.61 Å². The molecule has 94 valence electrons. The predicted molar refractivity (Wildman–Crippen MR) is 67.4 cm³/mol. The van der Waals surface area contributed by atoms with Crippen molar-refractivity contribution in [1.82, 2.24) is 0 Å². The molecule has 0 saturated carbocycles. The van der Waals surface area contributed by atoms with Crippen molar-refractivity contribution in [3.8, 4) is 5.75 Å². The minimum Gasteiger partial charge on any atom is -0.492 e. The van der Waals surface area contributed by atoms with Gasteiger partial charge >= 0.3 is 5.97 Å². The van der Waals surface area contributed by atoms with E-state index in [0.29, 0.717) is 5.92 Å². The zero-order valence-corrected chi connectivity index (χ0v) is 10.9. The Hall–Kier alpha value is -1.51. The van der Waals surface area contributed by atoms with Gasteiger partial charge in [0.2, 0.25) is 0 Å². The van der Waals surface area contributed by atoms with Gasteiger partial charge in [0, 0.05) is 0 Å². The highest BCUT2D eigenvalue weighted by Gasteiger charge is 2.28. The van der Waals surface area contributed by atoms with Crippen molar-refractivity contribution < 1.29 is 14.6 Å². The lowest BCUT2D eigenvalue weighted by Crippen LogP contribution is -2.30. The first-order chi connectivity index (χ1) is 7.83. The van der Waals surface area contributed by atoms with Crippen LogP contribution >= 0.6 is 0 Å². The van der Waals surface area contributed by atoms with Crippen molar-refractivity contribution >= 4 is 5.97 Å². The highest BCUT2D eigenvalue weighted by molar-refractivity contribution is 5.73. The van der Waals surface area contributed by atoms with E-state index in [0.717, 1.165) is 5.75 Å². The Morgan fingerprint density at radius 1 is 1.41 bits per heavy atom. The Bertz CT molecular complexity index is 394. The third kappa shape index (κ3) is 3.77. The van der Waals surface area contributed by atoms with Gasteiger partial charge < -0.3 is 9.84 Å². The van der Waals surface area contributed by atoms with Crippen LogP contribution in [0.25, 0.3) is 0 Å². The van der Waals surface area contributed by atoms with Crippen LogP contribution in [-0.4, -0.2) is 17.7 Å². The largest absolute Gasteiger partial charge is 0.492 e. The molecule has 3 nitrogen and oxygen atoms in total. The molecule has 0 aliphatic rings. The number of hydrogen-bond acceptors (Lipinski definition) is 2. The van der Waals surface area contributed by atoms with Gasteiger partial charge in [-0.05, 0) is 37.5 Å². The van der Waals surface area contributed by atoms with Crippen molar-refractivity contribution in [3.05, 3.63) is 29.8 Å². The quantitative estimate of drug-likeness (QED) is 0.853. The number of rotatable bonds is 5. The molecule has 0 spiro atoms. The molecule has 0 unspecified atom stereocenters. The molecule has 0 aliphatic heterocycles. The Morgan fingerprint density at radius 2 is 2.06 bits per heavy atom. The van der Waals surface area contributed by atoms with Gasteiger partial charge in [-0.15, -0.1) is 0 Å². The summed E-state index contributed by atoms with van der Waals surface area (Å²) in [5, 5.41) is 8.98. The molecule has 0 amide bonds. The molecule has 0 fully saturated rings. The number of aliphatic carboxylic acids is 1. The summed E-state index contributed by atoms with van der Waals surface area (Å²) in [5.74, 6) is 0.314. The summed E-state index contributed by atoms with van der Waals surface area (Å²) < 4.78 is 5.54. The molecule has 0 atom stereocenters. The van der Waals surface area contributed by atoms with E-state index in [4.69, 9.17) is 9.84 Å². The van der Waals surface area contributed by atoms with Crippen LogP contribution in [-0.2, 0) is 4.79 Å². The molecule has 0 heterocycles. The molecule has 0 aliphatic carbocycles. The van der Waals surface area contributed by atoms with E-state index in [1.165, 1.54) is 5.56 Å². The molecule has 1 aromatic carbocycles. The van der Waals surface area contributed by atoms with Gasteiger partial charge in [0.25, 0.3) is 0 Å². The van der Waals surface area contributed by atoms with Crippen LogP contribution in [0.1, 0.15) is 39.2 Å². The Kier molecular flexibility index (Phi) is 4.16. The van der Waals surface area contributed by atoms with Crippen LogP contribution < -0.4 is 4.74 Å². The average Bonchev–Trinajstić information content (AvgIpc) is 2.26. The molecule has 1 N–H and O–H groups in total. The summed E-state index contributed by atoms with van der Waals surface area (Å²) in [4.78, 5) is 10.9. The second-order valence-corrected chi connectivity index (χ2v) is 5.20. The molecule has 1 aromatic rings. The summed E-state index contributed by atoms with van der Waals surface area (Å²) >= 11 is 0. The monoisotopic (exact) mass is 236 g/mol. The summed E-state index contributed by atoms with van der Waals surface area (Å²) in [6, 6.07) is 7.78. The first-order valence-electron chi connectivity index (χ1n) is 5.79. The van der Waals surface area contributed by atoms with Crippen LogP contribution in [0.5, 0.6) is 5.75 Å². The molecule has 0 aromatic heterocycles. The first-order valence-corrected chi connectivity index (χ1v) is 5.79. The topological polar surface area (TPSA) is 46.5 Å². The molecule has 0 bridgehead atoms. The average molecular weight is 236 g/mol. The maximum absolute atomic E-state index is 10.9. The molecule has 0 saturated heterocycles. The van der Waals surface area contributed by atoms with E-state index in [1.54, 1.807) is 13.8 Å². The number of benzene rings is 1. The Balaban J connectivity index is 2.70. The number of carbonyl (C=O) groups is 1. The molecular weight excluding hydrogens is 216 g/mol. The minimum absolute atomic E-state index is 0.171. The maximum Gasteiger partial charge on any atom is 0.312 e. The summed E-state index contributed by atoms with van der Waals surface area (Å²) in [5.41, 5.74) is 0.323. The van der Waals surface area contributed by atoms with Crippen LogP contribution in [0.3, 0.4) is 0 Å². The number of carboxylic acids is 1. The molecule has 0 radical (unpaired) electrons. The summed E-state index contributed by atoms with van der Waals surface area (Å²) in [7, 11) is 0. The van der Waals surface area contributed by atoms with Crippen LogP contribution in [0.4, 0.5) is 0 Å². The maximum atomic E-state index is 10.9. The molecule has 17 heavy (non-hydrogen) atoms. The minimum atomic E-state index is -0.867. The van der Waals surface area contributed by atoms with Crippen molar-refractivity contribution in [2.45, 2.75) is 33.6 Å². The predicted octanol–water partition coefficient (Wildman–Crippen LogP) is 3.30. The fourth-order valence-electron chi connectivity index (χ4n) is 1.29. The van der Waals surface area contributed by atoms with Crippen molar-refractivity contribution in [2.24, 2.45) is 5.41 Å². The summed E-state index contributed by atoms with van der Waals surface area (Å²) in [6.07, 6.45) is 0. The fraction of sp³-hybridized carbons (Fsp3) is 0.500. The van der Waals surface area contributed by atoms with Crippen LogP contribution in [0, 0.1) is 5.41 Å². The van der Waals surface area contributed by atoms with Crippen LogP contribution in [0.2, 0.25) is 0 Å². The standard InChI is InChI=1S/C14H20O3/c1-10(2)11-6-5-7-12(8-11)17-9-14(3,4)13(15)16/h5-8,10H,9H2,1-4H3,(H,15,16). The van der Waals surface area contributed by atoms with Gasteiger partial charge in [0.15, 0.2) is 0 Å². The lowest BCUT2D eigenvalue weighted by Gasteiger charge is -2.20. The van der Waals surface area contributed by atoms with Gasteiger partial charge in [-0.1, -0.05) is 26.0 Å². The van der Waals surface area contributed by atoms with E-state index >= 15 is 0 Å². The second-order valence-electron chi connectivity index (χ2n) is 5.20. The van der Waals surface area contributed by atoms with E-state index in [1.807, 2.05) is 24.3 Å². The molecule has 1 rings (SSSR count). The second kappa shape index (κ2) is 5.21. The smallest absolute Gasteiger partial charge is 0.312 e. The lowest BCUT2D eigenvalue weighted by molar-refractivity contribution is -0.148. The Labute approximate surface area is 102 Å². The van der Waals surface area contributed by atoms with E-state index in [9.17, 15) is 4.79 Å². The van der Waals surface area contributed by atoms with Gasteiger partial charge in [0.05, 0.1) is 5.41 Å². The zero-order valence-electron chi connectivity index (χ0n) is 10.9. The van der Waals surface area contributed by atoms with Gasteiger partial charge in [-0.25, -0.2) is 0 Å². The highest BCUT2D eigenvalue weighted by atomic mass is 16.5. The van der Waals surface area contributed by atoms with E-state index < -0.39 is 11.4 Å². The van der Waals surface area contributed by atoms with Crippen molar-refractivity contribution in [3.63, 3.8) is 0 Å². The number of hydrogen-bond donors (Lipinski definition) is 1. The van der Waals surface area contributed by atoms with Gasteiger partial charge in [0.1, 0.15) is 12.4 Å². The van der Waals surface area contributed by atoms with Crippen molar-refractivity contribution in [2.75, 3.05) is 6.61 Å². The number of carboxylic acid groups (broad SMARTS) is 1. The zero-order chi connectivity index (χ0) is 13.1. The normalized spacial score (nSPS) is 11.6. The SMILES string of the molecule is CC(C)c1cccc(OCC(C)(C)C(=O)O)c1.